The Labute approximate surface area is 177 Å². The van der Waals surface area contributed by atoms with Crippen molar-refractivity contribution in [2.75, 3.05) is 10.6 Å². The molecule has 30 heavy (non-hydrogen) atoms. The number of nitrogens with zero attached hydrogens (tertiary/aromatic N) is 4. The summed E-state index contributed by atoms with van der Waals surface area (Å²) in [7, 11) is 0. The lowest BCUT2D eigenvalue weighted by Crippen LogP contribution is -2.45. The molecular weight excluding hydrogens is 400 g/mol. The Hall–Kier alpha value is -3.37. The number of aromatic nitrogens is 5. The summed E-state index contributed by atoms with van der Waals surface area (Å²) < 4.78 is 1.86. The third kappa shape index (κ3) is 4.44. The van der Waals surface area contributed by atoms with Gasteiger partial charge in [-0.3, -0.25) is 14.3 Å². The molecule has 0 unspecified atom stereocenters. The maximum atomic E-state index is 12.0. The van der Waals surface area contributed by atoms with Gasteiger partial charge in [-0.2, -0.15) is 5.10 Å². The van der Waals surface area contributed by atoms with Crippen molar-refractivity contribution in [1.82, 2.24) is 24.6 Å². The number of anilines is 3. The summed E-state index contributed by atoms with van der Waals surface area (Å²) in [5.41, 5.74) is 7.30. The number of aryl methyl sites for hydroxylation is 1. The largest absolute Gasteiger partial charge is 0.325 e. The molecule has 3 heterocycles. The molecule has 1 amide bonds. The van der Waals surface area contributed by atoms with E-state index in [1.807, 2.05) is 53.9 Å². The monoisotopic (exact) mass is 422 g/mol. The van der Waals surface area contributed by atoms with Gasteiger partial charge in [-0.25, -0.2) is 9.97 Å². The fourth-order valence-electron chi connectivity index (χ4n) is 2.66. The number of rotatable bonds is 6. The van der Waals surface area contributed by atoms with Crippen LogP contribution in [0.5, 0.6) is 0 Å². The molecular formula is C20H22N8OS. The van der Waals surface area contributed by atoms with Gasteiger partial charge in [-0.05, 0) is 45.0 Å². The highest BCUT2D eigenvalue weighted by molar-refractivity contribution is 7.99. The van der Waals surface area contributed by atoms with Crippen molar-refractivity contribution in [1.29, 1.82) is 0 Å². The normalized spacial score (nSPS) is 11.6. The van der Waals surface area contributed by atoms with Crippen molar-refractivity contribution < 1.29 is 4.79 Å². The van der Waals surface area contributed by atoms with Crippen LogP contribution in [0.2, 0.25) is 0 Å². The average Bonchev–Trinajstić information content (AvgIpc) is 3.31. The molecule has 154 valence electrons. The van der Waals surface area contributed by atoms with E-state index in [0.29, 0.717) is 17.5 Å². The lowest BCUT2D eigenvalue weighted by Gasteiger charge is -2.17. The predicted molar refractivity (Wildman–Crippen MR) is 117 cm³/mol. The van der Waals surface area contributed by atoms with E-state index in [2.05, 4.69) is 25.8 Å². The Morgan fingerprint density at radius 2 is 2.00 bits per heavy atom. The van der Waals surface area contributed by atoms with Crippen LogP contribution in [-0.2, 0) is 4.79 Å². The molecule has 0 radical (unpaired) electrons. The number of carbonyl (C=O) groups excluding carboxylic acids is 1. The Bertz CT molecular complexity index is 1190. The highest BCUT2D eigenvalue weighted by atomic mass is 32.2. The fourth-order valence-corrected chi connectivity index (χ4v) is 3.47. The summed E-state index contributed by atoms with van der Waals surface area (Å²) in [4.78, 5) is 22.1. The molecule has 4 aromatic rings. The number of H-pyrrole nitrogens is 1. The predicted octanol–water partition coefficient (Wildman–Crippen LogP) is 3.33. The first-order valence-electron chi connectivity index (χ1n) is 9.29. The number of fused-ring (bicyclic) bond motifs is 1. The number of hydrogen-bond acceptors (Lipinski definition) is 7. The Morgan fingerprint density at radius 3 is 2.67 bits per heavy atom. The van der Waals surface area contributed by atoms with Gasteiger partial charge in [0.1, 0.15) is 10.7 Å². The third-order valence-electron chi connectivity index (χ3n) is 4.23. The van der Waals surface area contributed by atoms with Crippen molar-refractivity contribution in [2.24, 2.45) is 5.73 Å². The maximum Gasteiger partial charge on any atom is 0.243 e. The van der Waals surface area contributed by atoms with Crippen molar-refractivity contribution in [3.8, 4) is 0 Å². The second kappa shape index (κ2) is 7.81. The second-order valence-corrected chi connectivity index (χ2v) is 8.53. The number of nitrogens with one attached hydrogen (secondary N) is 3. The van der Waals surface area contributed by atoms with Gasteiger partial charge in [0.25, 0.3) is 0 Å². The van der Waals surface area contributed by atoms with Gasteiger partial charge < -0.3 is 16.4 Å². The molecule has 9 nitrogen and oxygen atoms in total. The van der Waals surface area contributed by atoms with Crippen LogP contribution < -0.4 is 16.4 Å². The van der Waals surface area contributed by atoms with Crippen LogP contribution in [0.3, 0.4) is 0 Å². The van der Waals surface area contributed by atoms with E-state index >= 15 is 0 Å². The number of carbonyl (C=O) groups is 1. The van der Waals surface area contributed by atoms with Gasteiger partial charge in [-0.15, -0.1) is 0 Å². The van der Waals surface area contributed by atoms with E-state index in [-0.39, 0.29) is 5.91 Å². The first-order valence-corrected chi connectivity index (χ1v) is 10.1. The van der Waals surface area contributed by atoms with Crippen molar-refractivity contribution in [2.45, 2.75) is 36.2 Å². The molecule has 0 fully saturated rings. The standard InChI is InChI=1S/C20H22N8OS/c1-12-10-15(27-26-12)24-19-25-17(11-16-22-8-9-28(16)19)30-14-6-4-13(5-7-14)23-18(29)20(2,3)21/h4-11H,21H2,1-3H3,(H,23,29)(H2,24,25,26,27). The Kier molecular flexibility index (Phi) is 5.18. The van der Waals surface area contributed by atoms with E-state index in [1.165, 1.54) is 11.8 Å². The molecule has 0 aliphatic carbocycles. The minimum atomic E-state index is -0.937. The van der Waals surface area contributed by atoms with Crippen molar-refractivity contribution in [3.05, 3.63) is 54.5 Å². The molecule has 0 saturated heterocycles. The van der Waals surface area contributed by atoms with E-state index in [4.69, 9.17) is 10.7 Å². The SMILES string of the molecule is Cc1cc(Nc2nc(Sc3ccc(NC(=O)C(C)(C)N)cc3)cc3nccn23)n[nH]1. The topological polar surface area (TPSA) is 126 Å². The summed E-state index contributed by atoms with van der Waals surface area (Å²) >= 11 is 1.50. The molecule has 4 rings (SSSR count). The molecule has 10 heteroatoms. The number of benzene rings is 1. The molecule has 3 aromatic heterocycles. The number of aromatic amines is 1. The summed E-state index contributed by atoms with van der Waals surface area (Å²) in [6.07, 6.45) is 3.57. The smallest absolute Gasteiger partial charge is 0.243 e. The minimum Gasteiger partial charge on any atom is -0.325 e. The van der Waals surface area contributed by atoms with E-state index in [9.17, 15) is 4.79 Å². The number of nitrogens with two attached hydrogens (primary N) is 1. The Balaban J connectivity index is 1.54. The summed E-state index contributed by atoms with van der Waals surface area (Å²) in [6, 6.07) is 11.3. The van der Waals surface area contributed by atoms with Crippen molar-refractivity contribution >= 4 is 40.8 Å². The van der Waals surface area contributed by atoms with Crippen LogP contribution >= 0.6 is 11.8 Å². The highest BCUT2D eigenvalue weighted by Gasteiger charge is 2.21. The zero-order valence-corrected chi connectivity index (χ0v) is 17.6. The zero-order chi connectivity index (χ0) is 21.3. The molecule has 0 saturated carbocycles. The number of amides is 1. The molecule has 1 aromatic carbocycles. The fraction of sp³-hybridized carbons (Fsp3) is 0.200. The summed E-state index contributed by atoms with van der Waals surface area (Å²) in [5, 5.41) is 13.9. The van der Waals surface area contributed by atoms with Gasteiger partial charge in [0.15, 0.2) is 5.82 Å². The number of imidazole rings is 1. The van der Waals surface area contributed by atoms with Crippen LogP contribution in [0, 0.1) is 6.92 Å². The van der Waals surface area contributed by atoms with Gasteiger partial charge in [-0.1, -0.05) is 11.8 Å². The van der Waals surface area contributed by atoms with Crippen molar-refractivity contribution in [3.63, 3.8) is 0 Å². The van der Waals surface area contributed by atoms with Gasteiger partial charge in [0, 0.05) is 40.8 Å². The lowest BCUT2D eigenvalue weighted by molar-refractivity contribution is -0.120. The molecule has 0 bridgehead atoms. The molecule has 0 aliphatic heterocycles. The van der Waals surface area contributed by atoms with Crippen LogP contribution in [0.25, 0.3) is 5.65 Å². The van der Waals surface area contributed by atoms with Gasteiger partial charge in [0.05, 0.1) is 5.54 Å². The second-order valence-electron chi connectivity index (χ2n) is 7.44. The minimum absolute atomic E-state index is 0.237. The van der Waals surface area contributed by atoms with E-state index in [1.54, 1.807) is 20.0 Å². The van der Waals surface area contributed by atoms with Gasteiger partial charge >= 0.3 is 0 Å². The Morgan fingerprint density at radius 1 is 1.23 bits per heavy atom. The average molecular weight is 423 g/mol. The zero-order valence-electron chi connectivity index (χ0n) is 16.8. The van der Waals surface area contributed by atoms with Crippen LogP contribution in [0.15, 0.2) is 58.7 Å². The number of hydrogen-bond donors (Lipinski definition) is 4. The van der Waals surface area contributed by atoms with Crippen LogP contribution in [0.4, 0.5) is 17.5 Å². The molecule has 0 spiro atoms. The summed E-state index contributed by atoms with van der Waals surface area (Å²) in [5.74, 6) is 1.06. The third-order valence-corrected chi connectivity index (χ3v) is 5.16. The first-order chi connectivity index (χ1) is 14.3. The first kappa shape index (κ1) is 19.9. The molecule has 5 N–H and O–H groups in total. The van der Waals surface area contributed by atoms with E-state index < -0.39 is 5.54 Å². The highest BCUT2D eigenvalue weighted by Crippen LogP contribution is 2.29. The van der Waals surface area contributed by atoms with Crippen LogP contribution in [-0.4, -0.2) is 36.0 Å². The molecule has 0 atom stereocenters. The maximum absolute atomic E-state index is 12.0. The quantitative estimate of drug-likeness (QED) is 0.351. The van der Waals surface area contributed by atoms with Gasteiger partial charge in [0.2, 0.25) is 11.9 Å². The van der Waals surface area contributed by atoms with Crippen LogP contribution in [0.1, 0.15) is 19.5 Å². The van der Waals surface area contributed by atoms with E-state index in [0.717, 1.165) is 21.3 Å². The lowest BCUT2D eigenvalue weighted by atomic mass is 10.1. The summed E-state index contributed by atoms with van der Waals surface area (Å²) in [6.45, 7) is 5.27. The molecule has 0 aliphatic rings.